The average Bonchev–Trinajstić information content (AvgIpc) is 2.75. The number of hydrogen-bond acceptors (Lipinski definition) is 2. The maximum absolute atomic E-state index is 8.85. The Labute approximate surface area is 74.5 Å². The number of aromatic nitrogens is 1. The van der Waals surface area contributed by atoms with Crippen LogP contribution in [0, 0.1) is 0 Å². The first kappa shape index (κ1) is 7.58. The summed E-state index contributed by atoms with van der Waals surface area (Å²) < 4.78 is 0. The standard InChI is InChI=1S/C9H9NOS/c11-6-7-3-4-9(12-7)8-2-1-5-10-8/h1-5,10-11H,6H2. The number of nitrogens with one attached hydrogen (secondary N) is 1. The molecule has 0 aliphatic carbocycles. The molecule has 2 aromatic rings. The molecule has 0 unspecified atom stereocenters. The minimum Gasteiger partial charge on any atom is -0.391 e. The van der Waals surface area contributed by atoms with Crippen molar-refractivity contribution in [1.29, 1.82) is 0 Å². The Morgan fingerprint density at radius 1 is 1.33 bits per heavy atom. The molecule has 2 nitrogen and oxygen atoms in total. The summed E-state index contributed by atoms with van der Waals surface area (Å²) in [4.78, 5) is 5.29. The molecule has 0 aliphatic rings. The van der Waals surface area contributed by atoms with Crippen molar-refractivity contribution in [3.8, 4) is 10.6 Å². The lowest BCUT2D eigenvalue weighted by molar-refractivity contribution is 0.285. The Morgan fingerprint density at radius 3 is 2.83 bits per heavy atom. The van der Waals surface area contributed by atoms with Gasteiger partial charge in [-0.1, -0.05) is 0 Å². The van der Waals surface area contributed by atoms with Gasteiger partial charge in [0, 0.05) is 11.1 Å². The van der Waals surface area contributed by atoms with Crippen LogP contribution >= 0.6 is 11.3 Å². The molecule has 0 atom stereocenters. The van der Waals surface area contributed by atoms with Crippen molar-refractivity contribution < 1.29 is 5.11 Å². The van der Waals surface area contributed by atoms with E-state index in [0.717, 1.165) is 10.6 Å². The van der Waals surface area contributed by atoms with E-state index in [2.05, 4.69) is 4.98 Å². The van der Waals surface area contributed by atoms with E-state index in [4.69, 9.17) is 5.11 Å². The number of hydrogen-bond donors (Lipinski definition) is 2. The third kappa shape index (κ3) is 1.29. The van der Waals surface area contributed by atoms with Gasteiger partial charge in [0.15, 0.2) is 0 Å². The molecule has 0 spiro atoms. The van der Waals surface area contributed by atoms with Gasteiger partial charge < -0.3 is 10.1 Å². The third-order valence-corrected chi connectivity index (χ3v) is 2.78. The monoisotopic (exact) mass is 179 g/mol. The molecule has 3 heteroatoms. The van der Waals surface area contributed by atoms with E-state index in [9.17, 15) is 0 Å². The fourth-order valence-electron chi connectivity index (χ4n) is 1.09. The van der Waals surface area contributed by atoms with E-state index < -0.39 is 0 Å². The van der Waals surface area contributed by atoms with Gasteiger partial charge in [0.1, 0.15) is 0 Å². The highest BCUT2D eigenvalue weighted by Gasteiger charge is 2.01. The van der Waals surface area contributed by atoms with Gasteiger partial charge in [-0.25, -0.2) is 0 Å². The highest BCUT2D eigenvalue weighted by Crippen LogP contribution is 2.26. The van der Waals surface area contributed by atoms with Crippen LogP contribution in [-0.2, 0) is 6.61 Å². The molecule has 0 saturated carbocycles. The van der Waals surface area contributed by atoms with Gasteiger partial charge in [0.05, 0.1) is 17.2 Å². The van der Waals surface area contributed by atoms with Gasteiger partial charge in [0.25, 0.3) is 0 Å². The molecule has 12 heavy (non-hydrogen) atoms. The Kier molecular flexibility index (Phi) is 1.98. The molecule has 2 rings (SSSR count). The molecule has 0 aliphatic heterocycles. The zero-order valence-corrected chi connectivity index (χ0v) is 7.27. The summed E-state index contributed by atoms with van der Waals surface area (Å²) in [5.74, 6) is 0. The highest BCUT2D eigenvalue weighted by atomic mass is 32.1. The number of aliphatic hydroxyl groups is 1. The maximum atomic E-state index is 8.85. The van der Waals surface area contributed by atoms with Gasteiger partial charge in [0.2, 0.25) is 0 Å². The summed E-state index contributed by atoms with van der Waals surface area (Å²) >= 11 is 1.61. The lowest BCUT2D eigenvalue weighted by Crippen LogP contribution is -1.70. The smallest absolute Gasteiger partial charge is 0.0774 e. The van der Waals surface area contributed by atoms with E-state index in [-0.39, 0.29) is 6.61 Å². The van der Waals surface area contributed by atoms with Gasteiger partial charge in [-0.2, -0.15) is 0 Å². The zero-order valence-electron chi connectivity index (χ0n) is 6.45. The van der Waals surface area contributed by atoms with Crippen LogP contribution < -0.4 is 0 Å². The molecule has 0 fully saturated rings. The van der Waals surface area contributed by atoms with Crippen LogP contribution in [-0.4, -0.2) is 10.1 Å². The molecule has 0 aromatic carbocycles. The Balaban J connectivity index is 2.35. The highest BCUT2D eigenvalue weighted by molar-refractivity contribution is 7.15. The van der Waals surface area contributed by atoms with E-state index in [0.29, 0.717) is 0 Å². The lowest BCUT2D eigenvalue weighted by atomic mass is 10.3. The summed E-state index contributed by atoms with van der Waals surface area (Å²) in [6, 6.07) is 7.95. The van der Waals surface area contributed by atoms with Gasteiger partial charge >= 0.3 is 0 Å². The van der Waals surface area contributed by atoms with Crippen LogP contribution in [0.25, 0.3) is 10.6 Å². The van der Waals surface area contributed by atoms with Crippen molar-refractivity contribution in [2.45, 2.75) is 6.61 Å². The van der Waals surface area contributed by atoms with Crippen LogP contribution in [0.3, 0.4) is 0 Å². The largest absolute Gasteiger partial charge is 0.391 e. The van der Waals surface area contributed by atoms with E-state index >= 15 is 0 Å². The number of aromatic amines is 1. The molecule has 62 valence electrons. The average molecular weight is 179 g/mol. The molecule has 0 saturated heterocycles. The van der Waals surface area contributed by atoms with E-state index in [1.165, 1.54) is 4.88 Å². The SMILES string of the molecule is OCc1ccc(-c2ccc[nH]2)s1. The van der Waals surface area contributed by atoms with Crippen molar-refractivity contribution >= 4 is 11.3 Å². The van der Waals surface area contributed by atoms with Crippen molar-refractivity contribution in [3.05, 3.63) is 35.3 Å². The Hall–Kier alpha value is -1.06. The maximum Gasteiger partial charge on any atom is 0.0774 e. The second kappa shape index (κ2) is 3.13. The number of aliphatic hydroxyl groups excluding tert-OH is 1. The fourth-order valence-corrected chi connectivity index (χ4v) is 1.95. The molecule has 0 bridgehead atoms. The molecule has 2 heterocycles. The molecule has 0 amide bonds. The summed E-state index contributed by atoms with van der Waals surface area (Å²) in [6.45, 7) is 0.130. The predicted octanol–water partition coefficient (Wildman–Crippen LogP) is 2.24. The quantitative estimate of drug-likeness (QED) is 0.728. The van der Waals surface area contributed by atoms with Crippen LogP contribution in [0.5, 0.6) is 0 Å². The van der Waals surface area contributed by atoms with Crippen LogP contribution in [0.1, 0.15) is 4.88 Å². The topological polar surface area (TPSA) is 36.0 Å². The first-order valence-corrected chi connectivity index (χ1v) is 4.55. The molecule has 2 aromatic heterocycles. The molecule has 0 radical (unpaired) electrons. The fraction of sp³-hybridized carbons (Fsp3) is 0.111. The Bertz CT molecular complexity index is 350. The number of rotatable bonds is 2. The van der Waals surface area contributed by atoms with Crippen LogP contribution in [0.4, 0.5) is 0 Å². The third-order valence-electron chi connectivity index (χ3n) is 1.68. The second-order valence-electron chi connectivity index (χ2n) is 2.51. The second-order valence-corrected chi connectivity index (χ2v) is 3.68. The minimum atomic E-state index is 0.130. The summed E-state index contributed by atoms with van der Waals surface area (Å²) in [6.07, 6.45) is 1.90. The van der Waals surface area contributed by atoms with Gasteiger partial charge in [-0.3, -0.25) is 0 Å². The lowest BCUT2D eigenvalue weighted by Gasteiger charge is -1.88. The first-order chi connectivity index (χ1) is 5.90. The first-order valence-electron chi connectivity index (χ1n) is 3.73. The summed E-state index contributed by atoms with van der Waals surface area (Å²) in [5, 5.41) is 8.85. The predicted molar refractivity (Wildman–Crippen MR) is 50.0 cm³/mol. The van der Waals surface area contributed by atoms with Crippen LogP contribution in [0.15, 0.2) is 30.5 Å². The van der Waals surface area contributed by atoms with Crippen molar-refractivity contribution in [3.63, 3.8) is 0 Å². The molecular formula is C9H9NOS. The summed E-state index contributed by atoms with van der Waals surface area (Å²) in [5.41, 5.74) is 1.11. The van der Waals surface area contributed by atoms with E-state index in [1.807, 2.05) is 30.5 Å². The van der Waals surface area contributed by atoms with Gasteiger partial charge in [-0.15, -0.1) is 11.3 Å². The van der Waals surface area contributed by atoms with Crippen LogP contribution in [0.2, 0.25) is 0 Å². The Morgan fingerprint density at radius 2 is 2.25 bits per heavy atom. The summed E-state index contributed by atoms with van der Waals surface area (Å²) in [7, 11) is 0. The zero-order chi connectivity index (χ0) is 8.39. The van der Waals surface area contributed by atoms with Gasteiger partial charge in [-0.05, 0) is 24.3 Å². The van der Waals surface area contributed by atoms with Crippen molar-refractivity contribution in [2.24, 2.45) is 0 Å². The van der Waals surface area contributed by atoms with Crippen molar-refractivity contribution in [1.82, 2.24) is 4.98 Å². The number of thiophene rings is 1. The normalized spacial score (nSPS) is 10.4. The van der Waals surface area contributed by atoms with E-state index in [1.54, 1.807) is 11.3 Å². The number of H-pyrrole nitrogens is 1. The van der Waals surface area contributed by atoms with Crippen molar-refractivity contribution in [2.75, 3.05) is 0 Å². The molecular weight excluding hydrogens is 170 g/mol. The molecule has 2 N–H and O–H groups in total. The minimum absolute atomic E-state index is 0.130.